The highest BCUT2D eigenvalue weighted by Gasteiger charge is 2.19. The van der Waals surface area contributed by atoms with Crippen LogP contribution in [-0.2, 0) is 14.9 Å². The van der Waals surface area contributed by atoms with Crippen LogP contribution in [0.2, 0.25) is 0 Å². The maximum atomic E-state index is 12.6. The molecule has 2 aromatic carbocycles. The van der Waals surface area contributed by atoms with Gasteiger partial charge in [0.2, 0.25) is 0 Å². The molecule has 0 aliphatic heterocycles. The van der Waals surface area contributed by atoms with E-state index in [1.807, 2.05) is 49.4 Å². The van der Waals surface area contributed by atoms with Crippen molar-refractivity contribution in [2.75, 3.05) is 18.1 Å². The molecule has 0 aromatic heterocycles. The number of carbonyl (C=O) groups excluding carboxylic acids is 2. The van der Waals surface area contributed by atoms with E-state index in [0.717, 1.165) is 11.1 Å². The van der Waals surface area contributed by atoms with Gasteiger partial charge in [-0.3, -0.25) is 4.79 Å². The maximum Gasteiger partial charge on any atom is 0.338 e. The second-order valence-electron chi connectivity index (χ2n) is 7.69. The van der Waals surface area contributed by atoms with Crippen molar-refractivity contribution in [3.05, 3.63) is 65.2 Å². The van der Waals surface area contributed by atoms with Gasteiger partial charge in [-0.15, -0.1) is 0 Å². The summed E-state index contributed by atoms with van der Waals surface area (Å²) in [5.41, 5.74) is 3.26. The zero-order valence-corrected chi connectivity index (χ0v) is 16.9. The molecule has 2 aromatic rings. The molecule has 0 spiro atoms. The molecular weight excluding hydrogens is 352 g/mol. The topological polar surface area (TPSA) is 70.4 Å². The molecule has 1 amide bonds. The molecule has 0 N–H and O–H groups in total. The van der Waals surface area contributed by atoms with Crippen molar-refractivity contribution >= 4 is 17.6 Å². The Morgan fingerprint density at radius 2 is 1.64 bits per heavy atom. The molecule has 0 aliphatic carbocycles. The lowest BCUT2D eigenvalue weighted by molar-refractivity contribution is -0.121. The molecule has 146 valence electrons. The smallest absolute Gasteiger partial charge is 0.338 e. The molecule has 5 nitrogen and oxygen atoms in total. The monoisotopic (exact) mass is 378 g/mol. The van der Waals surface area contributed by atoms with Crippen LogP contribution < -0.4 is 4.90 Å². The SMILES string of the molecule is Cc1ccc(N(CCC#N)C(=O)COC(=O)c2ccc(C(C)(C)C)cc2)cc1. The van der Waals surface area contributed by atoms with Gasteiger partial charge in [-0.2, -0.15) is 5.26 Å². The summed E-state index contributed by atoms with van der Waals surface area (Å²) in [7, 11) is 0. The first-order valence-electron chi connectivity index (χ1n) is 9.24. The summed E-state index contributed by atoms with van der Waals surface area (Å²) in [6.45, 7) is 8.12. The molecule has 0 saturated carbocycles. The van der Waals surface area contributed by atoms with E-state index in [1.165, 1.54) is 4.90 Å². The first-order chi connectivity index (χ1) is 13.2. The van der Waals surface area contributed by atoms with Crippen molar-refractivity contribution in [2.45, 2.75) is 39.5 Å². The van der Waals surface area contributed by atoms with Crippen LogP contribution in [0.25, 0.3) is 0 Å². The van der Waals surface area contributed by atoms with Crippen LogP contribution in [0.5, 0.6) is 0 Å². The Morgan fingerprint density at radius 1 is 1.04 bits per heavy atom. The normalized spacial score (nSPS) is 10.8. The molecule has 0 bridgehead atoms. The van der Waals surface area contributed by atoms with Crippen LogP contribution in [0.4, 0.5) is 5.69 Å². The summed E-state index contributed by atoms with van der Waals surface area (Å²) >= 11 is 0. The second-order valence-corrected chi connectivity index (χ2v) is 7.69. The third kappa shape index (κ3) is 5.68. The quantitative estimate of drug-likeness (QED) is 0.699. The fourth-order valence-electron chi connectivity index (χ4n) is 2.68. The lowest BCUT2D eigenvalue weighted by Crippen LogP contribution is -2.35. The zero-order valence-electron chi connectivity index (χ0n) is 16.9. The van der Waals surface area contributed by atoms with Crippen LogP contribution in [-0.4, -0.2) is 25.0 Å². The molecule has 0 atom stereocenters. The average molecular weight is 378 g/mol. The molecule has 2 rings (SSSR count). The fraction of sp³-hybridized carbons (Fsp3) is 0.348. The lowest BCUT2D eigenvalue weighted by Gasteiger charge is -2.22. The number of nitrogens with zero attached hydrogens (tertiary/aromatic N) is 2. The molecule has 0 heterocycles. The van der Waals surface area contributed by atoms with E-state index < -0.39 is 5.97 Å². The number of ether oxygens (including phenoxy) is 1. The number of rotatable bonds is 6. The van der Waals surface area contributed by atoms with Gasteiger partial charge in [0.05, 0.1) is 18.1 Å². The Bertz CT molecular complexity index is 857. The Labute approximate surface area is 166 Å². The highest BCUT2D eigenvalue weighted by atomic mass is 16.5. The van der Waals surface area contributed by atoms with Crippen LogP contribution >= 0.6 is 0 Å². The van der Waals surface area contributed by atoms with Gasteiger partial charge in [0.15, 0.2) is 6.61 Å². The predicted molar refractivity (Wildman–Crippen MR) is 109 cm³/mol. The number of hydrogen-bond acceptors (Lipinski definition) is 4. The van der Waals surface area contributed by atoms with Gasteiger partial charge in [0.25, 0.3) is 5.91 Å². The number of aryl methyl sites for hydroxylation is 1. The molecule has 0 radical (unpaired) electrons. The summed E-state index contributed by atoms with van der Waals surface area (Å²) in [5.74, 6) is -0.906. The highest BCUT2D eigenvalue weighted by molar-refractivity contribution is 5.97. The van der Waals surface area contributed by atoms with E-state index in [0.29, 0.717) is 11.3 Å². The van der Waals surface area contributed by atoms with Crippen LogP contribution in [0.3, 0.4) is 0 Å². The minimum absolute atomic E-state index is 0.00627. The molecule has 5 heteroatoms. The lowest BCUT2D eigenvalue weighted by atomic mass is 9.87. The Kier molecular flexibility index (Phi) is 6.94. The largest absolute Gasteiger partial charge is 0.452 e. The summed E-state index contributed by atoms with van der Waals surface area (Å²) in [6.07, 6.45) is 0.196. The molecule has 0 unspecified atom stereocenters. The van der Waals surface area contributed by atoms with Gasteiger partial charge in [-0.25, -0.2) is 4.79 Å². The van der Waals surface area contributed by atoms with Crippen molar-refractivity contribution in [2.24, 2.45) is 0 Å². The van der Waals surface area contributed by atoms with Crippen LogP contribution in [0, 0.1) is 18.3 Å². The van der Waals surface area contributed by atoms with Crippen LogP contribution in [0.15, 0.2) is 48.5 Å². The third-order valence-corrected chi connectivity index (χ3v) is 4.41. The van der Waals surface area contributed by atoms with Crippen molar-refractivity contribution in [3.63, 3.8) is 0 Å². The fourth-order valence-corrected chi connectivity index (χ4v) is 2.68. The minimum Gasteiger partial charge on any atom is -0.452 e. The minimum atomic E-state index is -0.544. The van der Waals surface area contributed by atoms with Crippen molar-refractivity contribution in [3.8, 4) is 6.07 Å². The number of carbonyl (C=O) groups is 2. The summed E-state index contributed by atoms with van der Waals surface area (Å²) in [4.78, 5) is 26.3. The molecule has 0 aliphatic rings. The predicted octanol–water partition coefficient (Wildman–Crippen LogP) is 4.40. The van der Waals surface area contributed by atoms with Gasteiger partial charge in [-0.05, 0) is 42.2 Å². The zero-order chi connectivity index (χ0) is 20.7. The second kappa shape index (κ2) is 9.18. The Morgan fingerprint density at radius 3 is 2.18 bits per heavy atom. The average Bonchev–Trinajstić information content (AvgIpc) is 2.67. The van der Waals surface area contributed by atoms with Gasteiger partial charge in [0.1, 0.15) is 0 Å². The van der Waals surface area contributed by atoms with E-state index in [4.69, 9.17) is 10.00 Å². The van der Waals surface area contributed by atoms with Crippen molar-refractivity contribution in [1.29, 1.82) is 5.26 Å². The van der Waals surface area contributed by atoms with E-state index in [-0.39, 0.29) is 30.9 Å². The standard InChI is InChI=1S/C23H26N2O3/c1-17-6-12-20(13-7-17)25(15-5-14-24)21(26)16-28-22(27)18-8-10-19(11-9-18)23(2,3)4/h6-13H,5,15-16H2,1-4H3. The Hall–Kier alpha value is -3.13. The first-order valence-corrected chi connectivity index (χ1v) is 9.24. The molecule has 0 saturated heterocycles. The van der Waals surface area contributed by atoms with E-state index in [2.05, 4.69) is 20.8 Å². The number of anilines is 1. The van der Waals surface area contributed by atoms with E-state index in [9.17, 15) is 9.59 Å². The van der Waals surface area contributed by atoms with Gasteiger partial charge < -0.3 is 9.64 Å². The number of amides is 1. The van der Waals surface area contributed by atoms with Crippen molar-refractivity contribution < 1.29 is 14.3 Å². The molecule has 0 fully saturated rings. The molecular formula is C23H26N2O3. The van der Waals surface area contributed by atoms with Gasteiger partial charge >= 0.3 is 5.97 Å². The van der Waals surface area contributed by atoms with E-state index >= 15 is 0 Å². The van der Waals surface area contributed by atoms with Crippen molar-refractivity contribution in [1.82, 2.24) is 0 Å². The maximum absolute atomic E-state index is 12.6. The van der Waals surface area contributed by atoms with Gasteiger partial charge in [0, 0.05) is 12.2 Å². The van der Waals surface area contributed by atoms with Gasteiger partial charge in [-0.1, -0.05) is 50.6 Å². The number of benzene rings is 2. The van der Waals surface area contributed by atoms with Crippen LogP contribution in [0.1, 0.15) is 48.7 Å². The highest BCUT2D eigenvalue weighted by Crippen LogP contribution is 2.22. The summed E-state index contributed by atoms with van der Waals surface area (Å²) < 4.78 is 5.21. The number of nitriles is 1. The summed E-state index contributed by atoms with van der Waals surface area (Å²) in [5, 5.41) is 8.86. The number of hydrogen-bond donors (Lipinski definition) is 0. The third-order valence-electron chi connectivity index (χ3n) is 4.41. The Balaban J connectivity index is 2.04. The molecule has 28 heavy (non-hydrogen) atoms. The van der Waals surface area contributed by atoms with E-state index in [1.54, 1.807) is 12.1 Å². The number of esters is 1. The summed E-state index contributed by atoms with van der Waals surface area (Å²) in [6, 6.07) is 16.7. The first kappa shape index (κ1) is 21.2.